The summed E-state index contributed by atoms with van der Waals surface area (Å²) in [6.45, 7) is 0. The quantitative estimate of drug-likeness (QED) is 0.875. The van der Waals surface area contributed by atoms with Gasteiger partial charge >= 0.3 is 11.9 Å². The van der Waals surface area contributed by atoms with Crippen molar-refractivity contribution in [1.82, 2.24) is 0 Å². The average molecular weight is 270 g/mol. The lowest BCUT2D eigenvalue weighted by Crippen LogP contribution is -2.15. The molecule has 1 atom stereocenters. The third kappa shape index (κ3) is 3.23. The van der Waals surface area contributed by atoms with Crippen molar-refractivity contribution in [3.63, 3.8) is 0 Å². The maximum atomic E-state index is 11.1. The Kier molecular flexibility index (Phi) is 4.15. The van der Waals surface area contributed by atoms with Gasteiger partial charge in [0.2, 0.25) is 0 Å². The summed E-state index contributed by atoms with van der Waals surface area (Å²) >= 11 is 0. The Morgan fingerprint density at radius 3 is 1.90 bits per heavy atom. The van der Waals surface area contributed by atoms with Gasteiger partial charge in [-0.3, -0.25) is 9.59 Å². The van der Waals surface area contributed by atoms with Gasteiger partial charge in [-0.15, -0.1) is 0 Å². The molecule has 1 unspecified atom stereocenters. The van der Waals surface area contributed by atoms with Crippen molar-refractivity contribution in [2.75, 3.05) is 0 Å². The molecule has 4 nitrogen and oxygen atoms in total. The van der Waals surface area contributed by atoms with E-state index in [0.29, 0.717) is 5.56 Å². The highest BCUT2D eigenvalue weighted by molar-refractivity contribution is 5.82. The van der Waals surface area contributed by atoms with Crippen LogP contribution in [0.4, 0.5) is 0 Å². The SMILES string of the molecule is O=C(O)CC(C(=O)O)c1ccc(-c2ccccc2)cc1. The molecule has 2 aromatic carbocycles. The van der Waals surface area contributed by atoms with Crippen molar-refractivity contribution in [2.24, 2.45) is 0 Å². The van der Waals surface area contributed by atoms with Crippen LogP contribution in [0, 0.1) is 0 Å². The van der Waals surface area contributed by atoms with E-state index in [9.17, 15) is 9.59 Å². The number of hydrogen-bond donors (Lipinski definition) is 2. The molecule has 0 saturated carbocycles. The summed E-state index contributed by atoms with van der Waals surface area (Å²) in [6.07, 6.45) is -0.417. The summed E-state index contributed by atoms with van der Waals surface area (Å²) in [5.74, 6) is -3.26. The van der Waals surface area contributed by atoms with Crippen LogP contribution >= 0.6 is 0 Å². The Hall–Kier alpha value is -2.62. The smallest absolute Gasteiger partial charge is 0.311 e. The van der Waals surface area contributed by atoms with Gasteiger partial charge in [-0.1, -0.05) is 54.6 Å². The molecule has 4 heteroatoms. The Labute approximate surface area is 116 Å². The lowest BCUT2D eigenvalue weighted by atomic mass is 9.94. The Balaban J connectivity index is 2.27. The predicted octanol–water partition coefficient (Wildman–Crippen LogP) is 3.00. The summed E-state index contributed by atoms with van der Waals surface area (Å²) in [6, 6.07) is 16.6. The van der Waals surface area contributed by atoms with E-state index in [1.54, 1.807) is 12.1 Å². The molecule has 0 heterocycles. The standard InChI is InChI=1S/C16H14O4/c17-15(18)10-14(16(19)20)13-8-6-12(7-9-13)11-4-2-1-3-5-11/h1-9,14H,10H2,(H,17,18)(H,19,20). The minimum atomic E-state index is -1.13. The third-order valence-electron chi connectivity index (χ3n) is 3.10. The van der Waals surface area contributed by atoms with Crippen LogP contribution in [0.2, 0.25) is 0 Å². The van der Waals surface area contributed by atoms with Crippen LogP contribution in [0.15, 0.2) is 54.6 Å². The van der Waals surface area contributed by atoms with Crippen LogP contribution in [-0.4, -0.2) is 22.2 Å². The molecule has 0 aromatic heterocycles. The van der Waals surface area contributed by atoms with Crippen molar-refractivity contribution in [2.45, 2.75) is 12.3 Å². The molecule has 0 aliphatic carbocycles. The summed E-state index contributed by atoms with van der Waals surface area (Å²) in [5, 5.41) is 17.9. The van der Waals surface area contributed by atoms with E-state index >= 15 is 0 Å². The number of rotatable bonds is 5. The molecule has 0 spiro atoms. The first kappa shape index (κ1) is 13.8. The Morgan fingerprint density at radius 1 is 0.850 bits per heavy atom. The Morgan fingerprint density at radius 2 is 1.40 bits per heavy atom. The maximum absolute atomic E-state index is 11.1. The van der Waals surface area contributed by atoms with E-state index in [1.807, 2.05) is 42.5 Å². The van der Waals surface area contributed by atoms with Gasteiger partial charge in [0, 0.05) is 0 Å². The zero-order chi connectivity index (χ0) is 14.5. The van der Waals surface area contributed by atoms with Crippen LogP contribution in [0.5, 0.6) is 0 Å². The van der Waals surface area contributed by atoms with Gasteiger partial charge in [-0.2, -0.15) is 0 Å². The van der Waals surface area contributed by atoms with Crippen LogP contribution in [0.25, 0.3) is 11.1 Å². The fourth-order valence-corrected chi connectivity index (χ4v) is 2.06. The fourth-order valence-electron chi connectivity index (χ4n) is 2.06. The van der Waals surface area contributed by atoms with Gasteiger partial charge in [0.05, 0.1) is 12.3 Å². The van der Waals surface area contributed by atoms with E-state index in [1.165, 1.54) is 0 Å². The monoisotopic (exact) mass is 270 g/mol. The second kappa shape index (κ2) is 6.02. The molecule has 0 saturated heterocycles. The normalized spacial score (nSPS) is 11.8. The summed E-state index contributed by atoms with van der Waals surface area (Å²) in [4.78, 5) is 21.8. The molecule has 102 valence electrons. The van der Waals surface area contributed by atoms with Crippen LogP contribution in [0.1, 0.15) is 17.9 Å². The number of carbonyl (C=O) groups is 2. The van der Waals surface area contributed by atoms with Crippen LogP contribution in [-0.2, 0) is 9.59 Å². The van der Waals surface area contributed by atoms with E-state index in [0.717, 1.165) is 11.1 Å². The maximum Gasteiger partial charge on any atom is 0.311 e. The van der Waals surface area contributed by atoms with E-state index in [-0.39, 0.29) is 0 Å². The molecule has 0 bridgehead atoms. The van der Waals surface area contributed by atoms with Gasteiger partial charge in [0.15, 0.2) is 0 Å². The van der Waals surface area contributed by atoms with Gasteiger partial charge in [0.25, 0.3) is 0 Å². The zero-order valence-electron chi connectivity index (χ0n) is 10.7. The molecule has 0 amide bonds. The third-order valence-corrected chi connectivity index (χ3v) is 3.10. The van der Waals surface area contributed by atoms with Crippen molar-refractivity contribution in [3.05, 3.63) is 60.2 Å². The molecule has 20 heavy (non-hydrogen) atoms. The second-order valence-corrected chi connectivity index (χ2v) is 4.48. The van der Waals surface area contributed by atoms with Crippen molar-refractivity contribution >= 4 is 11.9 Å². The van der Waals surface area contributed by atoms with Crippen molar-refractivity contribution < 1.29 is 19.8 Å². The number of carboxylic acid groups (broad SMARTS) is 2. The number of benzene rings is 2. The van der Waals surface area contributed by atoms with Crippen molar-refractivity contribution in [3.8, 4) is 11.1 Å². The van der Waals surface area contributed by atoms with Crippen molar-refractivity contribution in [1.29, 1.82) is 0 Å². The summed E-state index contributed by atoms with van der Waals surface area (Å²) in [7, 11) is 0. The first-order chi connectivity index (χ1) is 9.58. The Bertz CT molecular complexity index is 602. The highest BCUT2D eigenvalue weighted by Gasteiger charge is 2.22. The summed E-state index contributed by atoms with van der Waals surface area (Å²) in [5.41, 5.74) is 2.50. The summed E-state index contributed by atoms with van der Waals surface area (Å²) < 4.78 is 0. The number of carboxylic acids is 2. The van der Waals surface area contributed by atoms with Crippen LogP contribution < -0.4 is 0 Å². The van der Waals surface area contributed by atoms with Gasteiger partial charge in [0.1, 0.15) is 0 Å². The molecule has 0 fully saturated rings. The lowest BCUT2D eigenvalue weighted by Gasteiger charge is -2.11. The van der Waals surface area contributed by atoms with Crippen LogP contribution in [0.3, 0.4) is 0 Å². The molecule has 2 aromatic rings. The van der Waals surface area contributed by atoms with E-state index < -0.39 is 24.3 Å². The van der Waals surface area contributed by atoms with Gasteiger partial charge in [-0.25, -0.2) is 0 Å². The van der Waals surface area contributed by atoms with E-state index in [4.69, 9.17) is 10.2 Å². The first-order valence-electron chi connectivity index (χ1n) is 6.18. The second-order valence-electron chi connectivity index (χ2n) is 4.48. The molecular weight excluding hydrogens is 256 g/mol. The molecule has 0 aliphatic heterocycles. The average Bonchev–Trinajstić information content (AvgIpc) is 2.45. The highest BCUT2D eigenvalue weighted by atomic mass is 16.4. The molecule has 2 N–H and O–H groups in total. The fraction of sp³-hybridized carbons (Fsp3) is 0.125. The lowest BCUT2D eigenvalue weighted by molar-refractivity contribution is -0.145. The molecular formula is C16H14O4. The number of aliphatic carboxylic acids is 2. The minimum absolute atomic E-state index is 0.417. The highest BCUT2D eigenvalue weighted by Crippen LogP contribution is 2.24. The predicted molar refractivity (Wildman–Crippen MR) is 74.5 cm³/mol. The largest absolute Gasteiger partial charge is 0.481 e. The zero-order valence-corrected chi connectivity index (χ0v) is 10.7. The first-order valence-corrected chi connectivity index (χ1v) is 6.18. The molecule has 2 rings (SSSR count). The van der Waals surface area contributed by atoms with Gasteiger partial charge in [-0.05, 0) is 16.7 Å². The molecule has 0 aliphatic rings. The van der Waals surface area contributed by atoms with Gasteiger partial charge < -0.3 is 10.2 Å². The molecule has 0 radical (unpaired) electrons. The topological polar surface area (TPSA) is 74.6 Å². The number of hydrogen-bond acceptors (Lipinski definition) is 2. The minimum Gasteiger partial charge on any atom is -0.481 e. The van der Waals surface area contributed by atoms with E-state index in [2.05, 4.69) is 0 Å².